The molecule has 4 rings (SSSR count). The third-order valence-electron chi connectivity index (χ3n) is 6.16. The molecule has 1 saturated carbocycles. The molecule has 0 radical (unpaired) electrons. The van der Waals surface area contributed by atoms with Gasteiger partial charge in [0.25, 0.3) is 0 Å². The molecule has 0 N–H and O–H groups in total. The first-order chi connectivity index (χ1) is 17.3. The van der Waals surface area contributed by atoms with Crippen molar-refractivity contribution < 1.29 is 40.3 Å². The van der Waals surface area contributed by atoms with Gasteiger partial charge in [0.15, 0.2) is 5.75 Å². The van der Waals surface area contributed by atoms with Crippen LogP contribution in [-0.4, -0.2) is 22.3 Å². The second kappa shape index (κ2) is 9.60. The van der Waals surface area contributed by atoms with E-state index in [0.29, 0.717) is 23.5 Å². The van der Waals surface area contributed by atoms with E-state index in [1.807, 2.05) is 0 Å². The summed E-state index contributed by atoms with van der Waals surface area (Å²) in [6.45, 7) is 0. The Kier molecular flexibility index (Phi) is 6.82. The predicted molar refractivity (Wildman–Crippen MR) is 118 cm³/mol. The van der Waals surface area contributed by atoms with E-state index in [0.717, 1.165) is 55.3 Å². The Morgan fingerprint density at radius 1 is 0.973 bits per heavy atom. The summed E-state index contributed by atoms with van der Waals surface area (Å²) >= 11 is 0. The van der Waals surface area contributed by atoms with Crippen molar-refractivity contribution in [1.29, 1.82) is 0 Å². The zero-order chi connectivity index (χ0) is 27.1. The number of halogens is 7. The molecule has 3 aromatic rings. The van der Waals surface area contributed by atoms with E-state index in [-0.39, 0.29) is 17.8 Å². The van der Waals surface area contributed by atoms with Crippen molar-refractivity contribution >= 4 is 11.8 Å². The SMILES string of the molecule is CN(C(=O)Oc1c(-n2ccn(C3CCCC3)c2=O)cc(C(F)(F)F)cc1C(F)(F)F)c1ccc(F)cc1. The van der Waals surface area contributed by atoms with Crippen molar-refractivity contribution in [2.24, 2.45) is 0 Å². The average Bonchev–Trinajstić information content (AvgIpc) is 3.47. The normalized spacial score (nSPS) is 14.7. The van der Waals surface area contributed by atoms with Gasteiger partial charge in [-0.25, -0.2) is 14.0 Å². The number of hydrogen-bond donors (Lipinski definition) is 0. The highest BCUT2D eigenvalue weighted by Gasteiger charge is 2.42. The summed E-state index contributed by atoms with van der Waals surface area (Å²) in [6, 6.07) is 4.20. The number of imidazole rings is 1. The highest BCUT2D eigenvalue weighted by Crippen LogP contribution is 2.44. The zero-order valence-electron chi connectivity index (χ0n) is 19.2. The lowest BCUT2D eigenvalue weighted by atomic mass is 10.1. The number of carbonyl (C=O) groups is 1. The fraction of sp³-hybridized carbons (Fsp3) is 0.333. The fourth-order valence-corrected chi connectivity index (χ4v) is 4.23. The zero-order valence-corrected chi connectivity index (χ0v) is 19.2. The number of amides is 1. The molecule has 6 nitrogen and oxygen atoms in total. The molecular formula is C24H20F7N3O3. The summed E-state index contributed by atoms with van der Waals surface area (Å²) < 4.78 is 103. The van der Waals surface area contributed by atoms with Crippen molar-refractivity contribution in [1.82, 2.24) is 9.13 Å². The first kappa shape index (κ1) is 26.3. The fourth-order valence-electron chi connectivity index (χ4n) is 4.23. The highest BCUT2D eigenvalue weighted by atomic mass is 19.4. The Bertz CT molecular complexity index is 1350. The molecule has 1 aromatic heterocycles. The predicted octanol–water partition coefficient (Wildman–Crippen LogP) is 6.57. The number of hydrogen-bond acceptors (Lipinski definition) is 3. The first-order valence-corrected chi connectivity index (χ1v) is 11.1. The van der Waals surface area contributed by atoms with E-state index in [1.54, 1.807) is 0 Å². The van der Waals surface area contributed by atoms with Gasteiger partial charge in [-0.05, 0) is 49.2 Å². The number of benzene rings is 2. The molecule has 1 amide bonds. The van der Waals surface area contributed by atoms with Gasteiger partial charge >= 0.3 is 24.1 Å². The van der Waals surface area contributed by atoms with E-state index < -0.39 is 52.5 Å². The lowest BCUT2D eigenvalue weighted by molar-refractivity contribution is -0.143. The molecule has 37 heavy (non-hydrogen) atoms. The van der Waals surface area contributed by atoms with E-state index in [1.165, 1.54) is 10.8 Å². The summed E-state index contributed by atoms with van der Waals surface area (Å²) in [7, 11) is 1.12. The van der Waals surface area contributed by atoms with Crippen LogP contribution in [0.15, 0.2) is 53.6 Å². The Balaban J connectivity index is 1.87. The maximum absolute atomic E-state index is 14.0. The smallest absolute Gasteiger partial charge is 0.407 e. The van der Waals surface area contributed by atoms with E-state index >= 15 is 0 Å². The molecule has 0 saturated heterocycles. The van der Waals surface area contributed by atoms with Gasteiger partial charge in [0, 0.05) is 31.2 Å². The molecular weight excluding hydrogens is 511 g/mol. The Hall–Kier alpha value is -3.77. The second-order valence-corrected chi connectivity index (χ2v) is 8.57. The molecule has 0 unspecified atom stereocenters. The molecule has 0 aliphatic heterocycles. The van der Waals surface area contributed by atoms with Crippen molar-refractivity contribution in [2.75, 3.05) is 11.9 Å². The topological polar surface area (TPSA) is 56.5 Å². The maximum Gasteiger partial charge on any atom is 0.420 e. The number of rotatable bonds is 4. The van der Waals surface area contributed by atoms with Gasteiger partial charge in [-0.3, -0.25) is 14.0 Å². The summed E-state index contributed by atoms with van der Waals surface area (Å²) in [4.78, 5) is 26.6. The van der Waals surface area contributed by atoms with Crippen molar-refractivity contribution in [3.8, 4) is 11.4 Å². The van der Waals surface area contributed by atoms with Gasteiger partial charge in [0.1, 0.15) is 11.4 Å². The summed E-state index contributed by atoms with van der Waals surface area (Å²) in [6.07, 6.45) is -6.75. The number of carbonyl (C=O) groups excluding carboxylic acids is 1. The van der Waals surface area contributed by atoms with Gasteiger partial charge in [0.2, 0.25) is 0 Å². The Morgan fingerprint density at radius 2 is 1.59 bits per heavy atom. The number of ether oxygens (including phenoxy) is 1. The lowest BCUT2D eigenvalue weighted by Crippen LogP contribution is -2.31. The maximum atomic E-state index is 14.0. The van der Waals surface area contributed by atoms with E-state index in [2.05, 4.69) is 0 Å². The van der Waals surface area contributed by atoms with Crippen LogP contribution in [0, 0.1) is 5.82 Å². The largest absolute Gasteiger partial charge is 0.420 e. The van der Waals surface area contributed by atoms with Crippen LogP contribution in [0.1, 0.15) is 42.9 Å². The van der Waals surface area contributed by atoms with Gasteiger partial charge in [-0.2, -0.15) is 26.3 Å². The highest BCUT2D eigenvalue weighted by molar-refractivity contribution is 5.89. The van der Waals surface area contributed by atoms with E-state index in [9.17, 15) is 40.3 Å². The van der Waals surface area contributed by atoms with Crippen LogP contribution >= 0.6 is 0 Å². The number of alkyl halides is 6. The van der Waals surface area contributed by atoms with Crippen LogP contribution in [0.3, 0.4) is 0 Å². The van der Waals surface area contributed by atoms with Crippen LogP contribution < -0.4 is 15.3 Å². The summed E-state index contributed by atoms with van der Waals surface area (Å²) in [5.41, 5.74) is -5.30. The van der Waals surface area contributed by atoms with Crippen molar-refractivity contribution in [2.45, 2.75) is 44.1 Å². The van der Waals surface area contributed by atoms with Gasteiger partial charge in [-0.1, -0.05) is 12.8 Å². The van der Waals surface area contributed by atoms with Crippen molar-refractivity contribution in [3.63, 3.8) is 0 Å². The van der Waals surface area contributed by atoms with Gasteiger partial charge < -0.3 is 4.74 Å². The molecule has 0 bridgehead atoms. The lowest BCUT2D eigenvalue weighted by Gasteiger charge is -2.22. The minimum Gasteiger partial charge on any atom is -0.407 e. The molecule has 1 aliphatic rings. The van der Waals surface area contributed by atoms with Crippen molar-refractivity contribution in [3.05, 3.63) is 76.2 Å². The third-order valence-corrected chi connectivity index (χ3v) is 6.16. The number of anilines is 1. The Morgan fingerprint density at radius 3 is 2.16 bits per heavy atom. The molecule has 1 heterocycles. The minimum absolute atomic E-state index is 0.0398. The second-order valence-electron chi connectivity index (χ2n) is 8.57. The van der Waals surface area contributed by atoms with E-state index in [4.69, 9.17) is 4.74 Å². The van der Waals surface area contributed by atoms with Crippen LogP contribution in [0.2, 0.25) is 0 Å². The van der Waals surface area contributed by atoms with Crippen LogP contribution in [0.4, 0.5) is 41.2 Å². The number of aromatic nitrogens is 2. The Labute approximate surface area is 205 Å². The van der Waals surface area contributed by atoms with Crippen LogP contribution in [0.25, 0.3) is 5.69 Å². The minimum atomic E-state index is -5.38. The molecule has 2 aromatic carbocycles. The van der Waals surface area contributed by atoms with Crippen LogP contribution in [-0.2, 0) is 12.4 Å². The molecule has 13 heteroatoms. The van der Waals surface area contributed by atoms with Crippen LogP contribution in [0.5, 0.6) is 5.75 Å². The van der Waals surface area contributed by atoms with Gasteiger partial charge in [-0.15, -0.1) is 0 Å². The molecule has 1 fully saturated rings. The first-order valence-electron chi connectivity index (χ1n) is 11.1. The van der Waals surface area contributed by atoms with Gasteiger partial charge in [0.05, 0.1) is 11.3 Å². The molecule has 0 atom stereocenters. The molecule has 0 spiro atoms. The number of nitrogens with zero attached hydrogens (tertiary/aromatic N) is 3. The molecule has 1 aliphatic carbocycles. The summed E-state index contributed by atoms with van der Waals surface area (Å²) in [5, 5.41) is 0. The summed E-state index contributed by atoms with van der Waals surface area (Å²) in [5.74, 6) is -1.91. The average molecular weight is 531 g/mol. The third kappa shape index (κ3) is 5.35. The monoisotopic (exact) mass is 531 g/mol. The standard InChI is InChI=1S/C24H20F7N3O3/c1-32(16-8-6-15(25)7-9-16)22(36)37-20-18(24(29,30)31)12-14(23(26,27)28)13-19(20)34-11-10-33(21(34)35)17-4-2-3-5-17/h6-13,17H,2-5H2,1H3. The molecule has 198 valence electrons. The quantitative estimate of drug-likeness (QED) is 0.358.